The molecule has 2 atom stereocenters. The standard InChI is InChI=1S/C17H20F3NO4S/c1-10-7-15(21(2)9-11-3-4-11)16(22)13-6-5-12(8-14(10)13)25-26(23,24)17(18,19)20/h5-6,8,10-11,15H,3-4,7,9H2,1-2H3. The number of rotatable bonds is 5. The molecule has 2 unspecified atom stereocenters. The van der Waals surface area contributed by atoms with Gasteiger partial charge in [-0.15, -0.1) is 0 Å². The van der Waals surface area contributed by atoms with Gasteiger partial charge in [0.25, 0.3) is 0 Å². The van der Waals surface area contributed by atoms with Crippen LogP contribution in [0, 0.1) is 5.92 Å². The smallest absolute Gasteiger partial charge is 0.376 e. The number of carbonyl (C=O) groups is 1. The first-order valence-electron chi connectivity index (χ1n) is 8.38. The minimum absolute atomic E-state index is 0.0912. The minimum Gasteiger partial charge on any atom is -0.376 e. The number of carbonyl (C=O) groups excluding carboxylic acids is 1. The average Bonchev–Trinajstić information content (AvgIpc) is 3.33. The second kappa shape index (κ2) is 6.53. The summed E-state index contributed by atoms with van der Waals surface area (Å²) in [4.78, 5) is 14.8. The molecule has 2 aliphatic rings. The van der Waals surface area contributed by atoms with Gasteiger partial charge in [-0.2, -0.15) is 21.6 Å². The monoisotopic (exact) mass is 391 g/mol. The topological polar surface area (TPSA) is 63.7 Å². The van der Waals surface area contributed by atoms with E-state index in [9.17, 15) is 26.4 Å². The third kappa shape index (κ3) is 3.73. The van der Waals surface area contributed by atoms with Gasteiger partial charge in [0, 0.05) is 12.1 Å². The number of ketones is 1. The summed E-state index contributed by atoms with van der Waals surface area (Å²) in [5.74, 6) is -0.00339. The number of nitrogens with zero attached hydrogens (tertiary/aromatic N) is 1. The molecule has 144 valence electrons. The summed E-state index contributed by atoms with van der Waals surface area (Å²) in [5, 5.41) is 0. The fourth-order valence-electron chi connectivity index (χ4n) is 3.36. The van der Waals surface area contributed by atoms with E-state index in [4.69, 9.17) is 0 Å². The average molecular weight is 391 g/mol. The van der Waals surface area contributed by atoms with Gasteiger partial charge in [0.15, 0.2) is 5.78 Å². The molecule has 1 aromatic rings. The Morgan fingerprint density at radius 1 is 1.27 bits per heavy atom. The zero-order chi connectivity index (χ0) is 19.3. The van der Waals surface area contributed by atoms with E-state index in [2.05, 4.69) is 4.18 Å². The molecule has 1 fully saturated rings. The van der Waals surface area contributed by atoms with Crippen molar-refractivity contribution in [1.29, 1.82) is 0 Å². The molecule has 9 heteroatoms. The van der Waals surface area contributed by atoms with Crippen LogP contribution in [-0.2, 0) is 10.1 Å². The Bertz CT molecular complexity index is 818. The zero-order valence-electron chi connectivity index (χ0n) is 14.4. The van der Waals surface area contributed by atoms with Gasteiger partial charge in [-0.25, -0.2) is 0 Å². The second-order valence-corrected chi connectivity index (χ2v) is 8.67. The summed E-state index contributed by atoms with van der Waals surface area (Å²) in [5.41, 5.74) is -4.57. The molecule has 3 rings (SSSR count). The molecule has 2 aliphatic carbocycles. The van der Waals surface area contributed by atoms with E-state index in [-0.39, 0.29) is 17.7 Å². The first-order chi connectivity index (χ1) is 12.0. The number of fused-ring (bicyclic) bond motifs is 1. The van der Waals surface area contributed by atoms with Gasteiger partial charge in [-0.1, -0.05) is 6.92 Å². The SMILES string of the molecule is CC1CC(N(C)CC2CC2)C(=O)c2ccc(OS(=O)(=O)C(F)(F)F)cc21. The predicted molar refractivity (Wildman–Crippen MR) is 88.5 cm³/mol. The molecular weight excluding hydrogens is 371 g/mol. The lowest BCUT2D eigenvalue weighted by Gasteiger charge is -2.34. The molecule has 0 N–H and O–H groups in total. The van der Waals surface area contributed by atoms with Crippen molar-refractivity contribution in [1.82, 2.24) is 4.90 Å². The van der Waals surface area contributed by atoms with Crippen molar-refractivity contribution in [2.24, 2.45) is 5.92 Å². The maximum absolute atomic E-state index is 12.8. The van der Waals surface area contributed by atoms with Crippen LogP contribution < -0.4 is 4.18 Å². The Labute approximate surface area is 150 Å². The highest BCUT2D eigenvalue weighted by Gasteiger charge is 2.48. The number of alkyl halides is 3. The van der Waals surface area contributed by atoms with Crippen LogP contribution in [0.3, 0.4) is 0 Å². The Hall–Kier alpha value is -1.61. The summed E-state index contributed by atoms with van der Waals surface area (Å²) < 4.78 is 63.9. The van der Waals surface area contributed by atoms with Crippen LogP contribution in [0.1, 0.15) is 48.0 Å². The van der Waals surface area contributed by atoms with Gasteiger partial charge in [0.1, 0.15) is 5.75 Å². The molecule has 0 aromatic heterocycles. The Kier molecular flexibility index (Phi) is 4.81. The largest absolute Gasteiger partial charge is 0.534 e. The fourth-order valence-corrected chi connectivity index (χ4v) is 3.81. The normalized spacial score (nSPS) is 23.8. The molecule has 0 spiro atoms. The summed E-state index contributed by atoms with van der Waals surface area (Å²) >= 11 is 0. The van der Waals surface area contributed by atoms with Crippen molar-refractivity contribution < 1.29 is 30.6 Å². The van der Waals surface area contributed by atoms with Crippen LogP contribution in [-0.4, -0.2) is 44.2 Å². The van der Waals surface area contributed by atoms with E-state index in [1.165, 1.54) is 25.0 Å². The van der Waals surface area contributed by atoms with Gasteiger partial charge < -0.3 is 4.18 Å². The number of hydrogen-bond acceptors (Lipinski definition) is 5. The summed E-state index contributed by atoms with van der Waals surface area (Å²) in [7, 11) is -3.82. The Balaban J connectivity index is 1.84. The van der Waals surface area contributed by atoms with Crippen LogP contribution in [0.25, 0.3) is 0 Å². The van der Waals surface area contributed by atoms with Gasteiger partial charge in [0.05, 0.1) is 6.04 Å². The van der Waals surface area contributed by atoms with Crippen LogP contribution >= 0.6 is 0 Å². The van der Waals surface area contributed by atoms with Crippen molar-refractivity contribution in [3.05, 3.63) is 29.3 Å². The molecule has 26 heavy (non-hydrogen) atoms. The summed E-state index contributed by atoms with van der Waals surface area (Å²) in [6.07, 6.45) is 2.88. The van der Waals surface area contributed by atoms with Gasteiger partial charge in [-0.05, 0) is 61.9 Å². The number of likely N-dealkylation sites (N-methyl/N-ethyl adjacent to an activating group) is 1. The maximum Gasteiger partial charge on any atom is 0.534 e. The lowest BCUT2D eigenvalue weighted by atomic mass is 9.79. The molecule has 1 aromatic carbocycles. The Morgan fingerprint density at radius 2 is 1.92 bits per heavy atom. The first kappa shape index (κ1) is 19.2. The molecule has 1 saturated carbocycles. The molecule has 0 radical (unpaired) electrons. The molecule has 0 heterocycles. The van der Waals surface area contributed by atoms with E-state index in [1.807, 2.05) is 18.9 Å². The van der Waals surface area contributed by atoms with Crippen molar-refractivity contribution in [3.63, 3.8) is 0 Å². The van der Waals surface area contributed by atoms with Gasteiger partial charge in [0.2, 0.25) is 0 Å². The predicted octanol–water partition coefficient (Wildman–Crippen LogP) is 3.32. The quantitative estimate of drug-likeness (QED) is 0.569. The van der Waals surface area contributed by atoms with Crippen LogP contribution in [0.5, 0.6) is 5.75 Å². The van der Waals surface area contributed by atoms with E-state index in [0.29, 0.717) is 23.5 Å². The molecule has 5 nitrogen and oxygen atoms in total. The van der Waals surface area contributed by atoms with Crippen LogP contribution in [0.2, 0.25) is 0 Å². The molecule has 0 saturated heterocycles. The molecule has 0 aliphatic heterocycles. The number of hydrogen-bond donors (Lipinski definition) is 0. The van der Waals surface area contributed by atoms with Gasteiger partial charge in [-0.3, -0.25) is 9.69 Å². The van der Waals surface area contributed by atoms with Crippen molar-refractivity contribution in [2.75, 3.05) is 13.6 Å². The first-order valence-corrected chi connectivity index (χ1v) is 9.79. The van der Waals surface area contributed by atoms with E-state index in [1.54, 1.807) is 0 Å². The molecule has 0 bridgehead atoms. The lowest BCUT2D eigenvalue weighted by Crippen LogP contribution is -2.43. The highest BCUT2D eigenvalue weighted by atomic mass is 32.2. The number of halogens is 3. The van der Waals surface area contributed by atoms with Gasteiger partial charge >= 0.3 is 15.6 Å². The Morgan fingerprint density at radius 3 is 2.50 bits per heavy atom. The third-order valence-electron chi connectivity index (χ3n) is 4.96. The lowest BCUT2D eigenvalue weighted by molar-refractivity contribution is -0.0500. The third-order valence-corrected chi connectivity index (χ3v) is 5.94. The second-order valence-electron chi connectivity index (χ2n) is 7.13. The van der Waals surface area contributed by atoms with Crippen molar-refractivity contribution in [3.8, 4) is 5.75 Å². The van der Waals surface area contributed by atoms with Crippen LogP contribution in [0.4, 0.5) is 13.2 Å². The van der Waals surface area contributed by atoms with Crippen molar-refractivity contribution in [2.45, 2.75) is 43.7 Å². The van der Waals surface area contributed by atoms with E-state index in [0.717, 1.165) is 12.6 Å². The number of benzene rings is 1. The van der Waals surface area contributed by atoms with Crippen LogP contribution in [0.15, 0.2) is 18.2 Å². The molecule has 0 amide bonds. The van der Waals surface area contributed by atoms with E-state index < -0.39 is 21.4 Å². The minimum atomic E-state index is -5.73. The van der Waals surface area contributed by atoms with Crippen molar-refractivity contribution >= 4 is 15.9 Å². The highest BCUT2D eigenvalue weighted by molar-refractivity contribution is 7.88. The maximum atomic E-state index is 12.8. The molecular formula is C17H20F3NO4S. The fraction of sp³-hybridized carbons (Fsp3) is 0.588. The summed E-state index contributed by atoms with van der Waals surface area (Å²) in [6.45, 7) is 2.72. The van der Waals surface area contributed by atoms with E-state index >= 15 is 0 Å². The highest BCUT2D eigenvalue weighted by Crippen LogP contribution is 2.38. The summed E-state index contributed by atoms with van der Waals surface area (Å²) in [6, 6.07) is 3.39. The number of Topliss-reactive ketones (excluding diaryl/α,β-unsaturated/α-hetero) is 1. The zero-order valence-corrected chi connectivity index (χ0v) is 15.2.